The normalized spacial score (nSPS) is 10.0. The molecule has 3 heteroatoms. The molecule has 1 aromatic carbocycles. The van der Waals surface area contributed by atoms with Crippen molar-refractivity contribution < 1.29 is 4.79 Å². The Balaban J connectivity index is 3.10. The van der Waals surface area contributed by atoms with Crippen LogP contribution in [0.5, 0.6) is 0 Å². The van der Waals surface area contributed by atoms with Crippen LogP contribution in [0.15, 0.2) is 28.5 Å². The van der Waals surface area contributed by atoms with Gasteiger partial charge in [-0.15, -0.1) is 23.5 Å². The second-order valence-corrected chi connectivity index (χ2v) is 5.46. The van der Waals surface area contributed by atoms with Crippen molar-refractivity contribution in [3.8, 4) is 0 Å². The van der Waals surface area contributed by atoms with Crippen LogP contribution in [0, 0.1) is 13.8 Å². The van der Waals surface area contributed by atoms with E-state index < -0.39 is 0 Å². The van der Waals surface area contributed by atoms with Crippen LogP contribution in [-0.4, -0.2) is 18.3 Å². The molecule has 0 fully saturated rings. The van der Waals surface area contributed by atoms with Crippen LogP contribution in [0.1, 0.15) is 21.5 Å². The number of carbonyl (C=O) groups is 1. The molecule has 0 atom stereocenters. The van der Waals surface area contributed by atoms with Crippen LogP contribution < -0.4 is 0 Å². The molecule has 0 aliphatic rings. The minimum absolute atomic E-state index is 0.106. The average Bonchev–Trinajstić information content (AvgIpc) is 2.25. The highest BCUT2D eigenvalue weighted by atomic mass is 32.2. The second-order valence-electron chi connectivity index (χ2n) is 3.50. The summed E-state index contributed by atoms with van der Waals surface area (Å²) in [6.07, 6.45) is 5.70. The molecule has 0 spiro atoms. The van der Waals surface area contributed by atoms with Crippen molar-refractivity contribution in [2.24, 2.45) is 0 Å². The zero-order valence-corrected chi connectivity index (χ0v) is 11.7. The summed E-state index contributed by atoms with van der Waals surface area (Å²) in [5.74, 6) is 0.106. The number of rotatable bonds is 4. The first kappa shape index (κ1) is 13.4. The smallest absolute Gasteiger partial charge is 0.188 e. The molecule has 0 aromatic heterocycles. The van der Waals surface area contributed by atoms with Crippen molar-refractivity contribution in [1.82, 2.24) is 0 Å². The van der Waals surface area contributed by atoms with E-state index >= 15 is 0 Å². The molecule has 0 heterocycles. The Morgan fingerprint density at radius 2 is 1.62 bits per heavy atom. The minimum atomic E-state index is 0.106. The van der Waals surface area contributed by atoms with Crippen LogP contribution in [0.4, 0.5) is 0 Å². The van der Waals surface area contributed by atoms with Gasteiger partial charge in [0.05, 0.1) is 0 Å². The quantitative estimate of drug-likeness (QED) is 0.594. The van der Waals surface area contributed by atoms with Crippen molar-refractivity contribution in [3.05, 3.63) is 45.2 Å². The molecule has 1 rings (SSSR count). The lowest BCUT2D eigenvalue weighted by Crippen LogP contribution is -2.01. The molecule has 1 aromatic rings. The largest absolute Gasteiger partial charge is 0.289 e. The standard InChI is InChI=1S/C13H16OS2/c1-9-6-5-7-10(2)13(9)11(14)8-12(15-3)16-4/h5-8H,1-4H3. The third-order valence-electron chi connectivity index (χ3n) is 2.38. The van der Waals surface area contributed by atoms with Gasteiger partial charge in [0.15, 0.2) is 5.78 Å². The highest BCUT2D eigenvalue weighted by Gasteiger charge is 2.10. The van der Waals surface area contributed by atoms with Crippen molar-refractivity contribution >= 4 is 29.3 Å². The number of hydrogen-bond acceptors (Lipinski definition) is 3. The van der Waals surface area contributed by atoms with Gasteiger partial charge >= 0.3 is 0 Å². The van der Waals surface area contributed by atoms with E-state index in [1.54, 1.807) is 29.6 Å². The third-order valence-corrected chi connectivity index (χ3v) is 4.42. The number of allylic oxidation sites excluding steroid dienone is 1. The van der Waals surface area contributed by atoms with Gasteiger partial charge in [-0.2, -0.15) is 0 Å². The van der Waals surface area contributed by atoms with E-state index in [9.17, 15) is 4.79 Å². The lowest BCUT2D eigenvalue weighted by molar-refractivity contribution is 0.104. The number of carbonyl (C=O) groups excluding carboxylic acids is 1. The summed E-state index contributed by atoms with van der Waals surface area (Å²) in [7, 11) is 0. The molecule has 0 unspecified atom stereocenters. The van der Waals surface area contributed by atoms with Gasteiger partial charge in [0.25, 0.3) is 0 Å². The Morgan fingerprint density at radius 1 is 1.12 bits per heavy atom. The molecule has 1 nitrogen and oxygen atoms in total. The first-order valence-corrected chi connectivity index (χ1v) is 7.45. The fourth-order valence-electron chi connectivity index (χ4n) is 1.58. The first-order chi connectivity index (χ1) is 7.60. The molecular formula is C13H16OS2. The first-order valence-electron chi connectivity index (χ1n) is 5.00. The van der Waals surface area contributed by atoms with E-state index in [1.807, 2.05) is 44.6 Å². The summed E-state index contributed by atoms with van der Waals surface area (Å²) in [5, 5.41) is 0. The zero-order valence-electron chi connectivity index (χ0n) is 10.0. The molecule has 0 radical (unpaired) electrons. The average molecular weight is 252 g/mol. The minimum Gasteiger partial charge on any atom is -0.289 e. The number of thioether (sulfide) groups is 2. The fourth-order valence-corrected chi connectivity index (χ4v) is 2.70. The summed E-state index contributed by atoms with van der Waals surface area (Å²) in [6, 6.07) is 5.94. The monoisotopic (exact) mass is 252 g/mol. The topological polar surface area (TPSA) is 17.1 Å². The Morgan fingerprint density at radius 3 is 2.06 bits per heavy atom. The molecular weight excluding hydrogens is 236 g/mol. The fraction of sp³-hybridized carbons (Fsp3) is 0.308. The van der Waals surface area contributed by atoms with Crippen molar-refractivity contribution in [3.63, 3.8) is 0 Å². The number of aryl methyl sites for hydroxylation is 2. The molecule has 0 saturated heterocycles. The maximum absolute atomic E-state index is 12.1. The summed E-state index contributed by atoms with van der Waals surface area (Å²) < 4.78 is 1.05. The number of benzene rings is 1. The van der Waals surface area contributed by atoms with Crippen LogP contribution in [-0.2, 0) is 0 Å². The summed E-state index contributed by atoms with van der Waals surface area (Å²) >= 11 is 3.22. The van der Waals surface area contributed by atoms with Gasteiger partial charge in [-0.1, -0.05) is 18.2 Å². The molecule has 0 N–H and O–H groups in total. The molecule has 0 saturated carbocycles. The molecule has 0 amide bonds. The summed E-state index contributed by atoms with van der Waals surface area (Å²) in [6.45, 7) is 3.96. The predicted molar refractivity (Wildman–Crippen MR) is 75.4 cm³/mol. The van der Waals surface area contributed by atoms with E-state index in [-0.39, 0.29) is 5.78 Å². The number of hydrogen-bond donors (Lipinski definition) is 0. The lowest BCUT2D eigenvalue weighted by atomic mass is 9.99. The van der Waals surface area contributed by atoms with Crippen LogP contribution in [0.25, 0.3) is 0 Å². The highest BCUT2D eigenvalue weighted by molar-refractivity contribution is 8.21. The van der Waals surface area contributed by atoms with Gasteiger partial charge in [0.2, 0.25) is 0 Å². The van der Waals surface area contributed by atoms with Crippen molar-refractivity contribution in [1.29, 1.82) is 0 Å². The molecule has 16 heavy (non-hydrogen) atoms. The Hall–Kier alpha value is -0.670. The van der Waals surface area contributed by atoms with Gasteiger partial charge in [-0.05, 0) is 37.5 Å². The summed E-state index contributed by atoms with van der Waals surface area (Å²) in [5.41, 5.74) is 2.92. The SMILES string of the molecule is CSC(=CC(=O)c1c(C)cccc1C)SC. The Bertz CT molecular complexity index is 396. The van der Waals surface area contributed by atoms with Gasteiger partial charge in [0, 0.05) is 15.9 Å². The lowest BCUT2D eigenvalue weighted by Gasteiger charge is -2.06. The molecule has 0 bridgehead atoms. The van der Waals surface area contributed by atoms with Crippen LogP contribution in [0.3, 0.4) is 0 Å². The van der Waals surface area contributed by atoms with Crippen molar-refractivity contribution in [2.75, 3.05) is 12.5 Å². The highest BCUT2D eigenvalue weighted by Crippen LogP contribution is 2.25. The summed E-state index contributed by atoms with van der Waals surface area (Å²) in [4.78, 5) is 12.1. The molecule has 0 aliphatic carbocycles. The van der Waals surface area contributed by atoms with Gasteiger partial charge in [-0.3, -0.25) is 4.79 Å². The van der Waals surface area contributed by atoms with Gasteiger partial charge in [0.1, 0.15) is 0 Å². The van der Waals surface area contributed by atoms with Crippen molar-refractivity contribution in [2.45, 2.75) is 13.8 Å². The van der Waals surface area contributed by atoms with Gasteiger partial charge in [-0.25, -0.2) is 0 Å². The predicted octanol–water partition coefficient (Wildman–Crippen LogP) is 4.05. The maximum atomic E-state index is 12.1. The van der Waals surface area contributed by atoms with E-state index in [4.69, 9.17) is 0 Å². The molecule has 86 valence electrons. The van der Waals surface area contributed by atoms with Crippen LogP contribution in [0.2, 0.25) is 0 Å². The third kappa shape index (κ3) is 3.16. The number of ketones is 1. The zero-order chi connectivity index (χ0) is 12.1. The van der Waals surface area contributed by atoms with Crippen LogP contribution >= 0.6 is 23.5 Å². The Kier molecular flexibility index (Phi) is 5.16. The second kappa shape index (κ2) is 6.16. The maximum Gasteiger partial charge on any atom is 0.188 e. The Labute approximate surface area is 106 Å². The van der Waals surface area contributed by atoms with Gasteiger partial charge < -0.3 is 0 Å². The van der Waals surface area contributed by atoms with E-state index in [2.05, 4.69) is 0 Å². The van der Waals surface area contributed by atoms with E-state index in [0.717, 1.165) is 20.9 Å². The van der Waals surface area contributed by atoms with E-state index in [1.165, 1.54) is 0 Å². The molecule has 0 aliphatic heterocycles. The van der Waals surface area contributed by atoms with E-state index in [0.29, 0.717) is 0 Å².